The topological polar surface area (TPSA) is 51.8 Å². The second-order valence-electron chi connectivity index (χ2n) is 12.8. The van der Waals surface area contributed by atoms with E-state index in [1.807, 2.05) is 78.9 Å². The minimum Gasteiger partial charge on any atom is -0.456 e. The van der Waals surface area contributed by atoms with Crippen molar-refractivity contribution in [1.82, 2.24) is 15.0 Å². The molecule has 4 heteroatoms. The Hall–Kier alpha value is -6.65. The third-order valence-corrected chi connectivity index (χ3v) is 9.74. The molecule has 0 saturated carbocycles. The molecule has 0 N–H and O–H groups in total. The molecule has 0 spiro atoms. The second-order valence-corrected chi connectivity index (χ2v) is 12.8. The zero-order chi connectivity index (χ0) is 33.0. The molecule has 234 valence electrons. The van der Waals surface area contributed by atoms with Gasteiger partial charge in [0.05, 0.1) is 0 Å². The van der Waals surface area contributed by atoms with Crippen molar-refractivity contribution in [3.63, 3.8) is 0 Å². The Kier molecular flexibility index (Phi) is 6.53. The maximum absolute atomic E-state index is 6.32. The molecule has 0 fully saturated rings. The van der Waals surface area contributed by atoms with Crippen LogP contribution in [0.15, 0.2) is 168 Å². The molecule has 9 aromatic rings. The molecule has 0 amide bonds. The SMILES string of the molecule is c1ccc(-c2nc(-c3ccccc3)nc(-c3cc(-c4ccc5c(c4)-c4ccccc4C5)cc(-c4cccc5oc6ccccc6c45)c3)n2)cc1. The van der Waals surface area contributed by atoms with Crippen molar-refractivity contribution < 1.29 is 4.42 Å². The van der Waals surface area contributed by atoms with Gasteiger partial charge >= 0.3 is 0 Å². The largest absolute Gasteiger partial charge is 0.456 e. The van der Waals surface area contributed by atoms with Gasteiger partial charge in [-0.2, -0.15) is 0 Å². The van der Waals surface area contributed by atoms with Crippen LogP contribution in [0.25, 0.3) is 89.5 Å². The first kappa shape index (κ1) is 28.4. The van der Waals surface area contributed by atoms with Crippen molar-refractivity contribution in [3.8, 4) is 67.5 Å². The summed E-state index contributed by atoms with van der Waals surface area (Å²) in [6, 6.07) is 57.1. The van der Waals surface area contributed by atoms with Gasteiger partial charge in [-0.05, 0) is 87.3 Å². The number of rotatable bonds is 5. The van der Waals surface area contributed by atoms with Gasteiger partial charge in [0.2, 0.25) is 0 Å². The fourth-order valence-corrected chi connectivity index (χ4v) is 7.34. The molecular formula is C46H29N3O. The Bertz CT molecular complexity index is 2670. The van der Waals surface area contributed by atoms with Crippen LogP contribution in [0.1, 0.15) is 11.1 Å². The minimum absolute atomic E-state index is 0.622. The van der Waals surface area contributed by atoms with Crippen LogP contribution in [0, 0.1) is 0 Å². The third kappa shape index (κ3) is 4.81. The lowest BCUT2D eigenvalue weighted by atomic mass is 9.92. The van der Waals surface area contributed by atoms with Gasteiger partial charge in [-0.3, -0.25) is 0 Å². The van der Waals surface area contributed by atoms with Gasteiger partial charge in [0, 0.05) is 27.5 Å². The summed E-state index contributed by atoms with van der Waals surface area (Å²) in [4.78, 5) is 15.2. The summed E-state index contributed by atoms with van der Waals surface area (Å²) >= 11 is 0. The quantitative estimate of drug-likeness (QED) is 0.188. The van der Waals surface area contributed by atoms with Crippen LogP contribution in [0.2, 0.25) is 0 Å². The van der Waals surface area contributed by atoms with E-state index >= 15 is 0 Å². The molecule has 2 aromatic heterocycles. The number of nitrogens with zero attached hydrogens (tertiary/aromatic N) is 3. The van der Waals surface area contributed by atoms with Gasteiger partial charge in [0.1, 0.15) is 11.2 Å². The molecule has 7 aromatic carbocycles. The zero-order valence-corrected chi connectivity index (χ0v) is 27.0. The number of hydrogen-bond donors (Lipinski definition) is 0. The zero-order valence-electron chi connectivity index (χ0n) is 27.0. The highest BCUT2D eigenvalue weighted by Gasteiger charge is 2.21. The normalized spacial score (nSPS) is 11.9. The molecular weight excluding hydrogens is 611 g/mol. The van der Waals surface area contributed by atoms with Crippen LogP contribution in [0.4, 0.5) is 0 Å². The summed E-state index contributed by atoms with van der Waals surface area (Å²) in [5, 5.41) is 2.19. The smallest absolute Gasteiger partial charge is 0.164 e. The molecule has 1 aliphatic rings. The fourth-order valence-electron chi connectivity index (χ4n) is 7.34. The van der Waals surface area contributed by atoms with E-state index in [0.29, 0.717) is 17.5 Å². The Morgan fingerprint density at radius 1 is 0.360 bits per heavy atom. The monoisotopic (exact) mass is 639 g/mol. The first-order valence-electron chi connectivity index (χ1n) is 16.9. The van der Waals surface area contributed by atoms with Gasteiger partial charge in [-0.25, -0.2) is 15.0 Å². The third-order valence-electron chi connectivity index (χ3n) is 9.74. The number of benzene rings is 7. The van der Waals surface area contributed by atoms with E-state index in [0.717, 1.165) is 67.3 Å². The predicted molar refractivity (Wildman–Crippen MR) is 203 cm³/mol. The fraction of sp³-hybridized carbons (Fsp3) is 0.0217. The Morgan fingerprint density at radius 2 is 0.940 bits per heavy atom. The van der Waals surface area contributed by atoms with Crippen LogP contribution in [-0.4, -0.2) is 15.0 Å². The summed E-state index contributed by atoms with van der Waals surface area (Å²) in [6.07, 6.45) is 0.960. The highest BCUT2D eigenvalue weighted by Crippen LogP contribution is 2.42. The summed E-state index contributed by atoms with van der Waals surface area (Å²) in [5.41, 5.74) is 14.3. The van der Waals surface area contributed by atoms with Crippen molar-refractivity contribution in [1.29, 1.82) is 0 Å². The number of para-hydroxylation sites is 1. The lowest BCUT2D eigenvalue weighted by Crippen LogP contribution is -2.00. The Balaban J connectivity index is 1.23. The summed E-state index contributed by atoms with van der Waals surface area (Å²) < 4.78 is 6.32. The highest BCUT2D eigenvalue weighted by atomic mass is 16.3. The number of fused-ring (bicyclic) bond motifs is 6. The number of hydrogen-bond acceptors (Lipinski definition) is 4. The van der Waals surface area contributed by atoms with Gasteiger partial charge in [0.25, 0.3) is 0 Å². The van der Waals surface area contributed by atoms with Crippen LogP contribution < -0.4 is 0 Å². The van der Waals surface area contributed by atoms with E-state index in [-0.39, 0.29) is 0 Å². The Labute approximate surface area is 289 Å². The number of aromatic nitrogens is 3. The van der Waals surface area contributed by atoms with Gasteiger partial charge in [-0.1, -0.05) is 127 Å². The lowest BCUT2D eigenvalue weighted by molar-refractivity contribution is 0.669. The number of furan rings is 1. The minimum atomic E-state index is 0.622. The average molecular weight is 640 g/mol. The van der Waals surface area contributed by atoms with E-state index in [2.05, 4.69) is 84.9 Å². The molecule has 2 heterocycles. The predicted octanol–water partition coefficient (Wildman–Crippen LogP) is 11.7. The van der Waals surface area contributed by atoms with Crippen molar-refractivity contribution in [3.05, 3.63) is 175 Å². The van der Waals surface area contributed by atoms with Gasteiger partial charge in [-0.15, -0.1) is 0 Å². The van der Waals surface area contributed by atoms with Crippen LogP contribution in [0.3, 0.4) is 0 Å². The van der Waals surface area contributed by atoms with E-state index in [9.17, 15) is 0 Å². The van der Waals surface area contributed by atoms with Crippen LogP contribution >= 0.6 is 0 Å². The average Bonchev–Trinajstić information content (AvgIpc) is 3.76. The highest BCUT2D eigenvalue weighted by molar-refractivity contribution is 6.12. The van der Waals surface area contributed by atoms with E-state index in [4.69, 9.17) is 19.4 Å². The van der Waals surface area contributed by atoms with Crippen molar-refractivity contribution in [2.45, 2.75) is 6.42 Å². The van der Waals surface area contributed by atoms with E-state index in [1.54, 1.807) is 0 Å². The van der Waals surface area contributed by atoms with E-state index in [1.165, 1.54) is 22.3 Å². The van der Waals surface area contributed by atoms with Gasteiger partial charge < -0.3 is 4.42 Å². The molecule has 0 unspecified atom stereocenters. The molecule has 0 saturated heterocycles. The standard InChI is InChI=1S/C46H29N3O/c1-3-12-29(13-4-1)44-47-45(30-14-5-2-6-15-30)49-46(48-44)36-26-34(31-22-23-33-24-32-16-7-8-17-37(32)40(33)28-31)25-35(27-36)38-19-11-21-42-43(38)39-18-9-10-20-41(39)50-42/h1-23,25-28H,24H2. The molecule has 4 nitrogen and oxygen atoms in total. The van der Waals surface area contributed by atoms with Crippen molar-refractivity contribution in [2.75, 3.05) is 0 Å². The Morgan fingerprint density at radius 3 is 1.72 bits per heavy atom. The molecule has 1 aliphatic carbocycles. The molecule has 0 atom stereocenters. The maximum Gasteiger partial charge on any atom is 0.164 e. The first-order valence-corrected chi connectivity index (χ1v) is 16.9. The van der Waals surface area contributed by atoms with Crippen molar-refractivity contribution in [2.24, 2.45) is 0 Å². The van der Waals surface area contributed by atoms with Crippen LogP contribution in [0.5, 0.6) is 0 Å². The summed E-state index contributed by atoms with van der Waals surface area (Å²) in [6.45, 7) is 0. The maximum atomic E-state index is 6.32. The first-order chi connectivity index (χ1) is 24.7. The lowest BCUT2D eigenvalue weighted by Gasteiger charge is -2.14. The van der Waals surface area contributed by atoms with E-state index < -0.39 is 0 Å². The van der Waals surface area contributed by atoms with Gasteiger partial charge in [0.15, 0.2) is 17.5 Å². The molecule has 0 bridgehead atoms. The molecule has 10 rings (SSSR count). The molecule has 50 heavy (non-hydrogen) atoms. The molecule has 0 radical (unpaired) electrons. The molecule has 0 aliphatic heterocycles. The van der Waals surface area contributed by atoms with Crippen LogP contribution in [-0.2, 0) is 6.42 Å². The summed E-state index contributed by atoms with van der Waals surface area (Å²) in [5.74, 6) is 1.90. The van der Waals surface area contributed by atoms with Crippen molar-refractivity contribution >= 4 is 21.9 Å². The second kappa shape index (κ2) is 11.5. The summed E-state index contributed by atoms with van der Waals surface area (Å²) in [7, 11) is 0.